The van der Waals surface area contributed by atoms with Gasteiger partial charge in [-0.05, 0) is 24.7 Å². The van der Waals surface area contributed by atoms with Crippen molar-refractivity contribution >= 4 is 0 Å². The summed E-state index contributed by atoms with van der Waals surface area (Å²) in [6, 6.07) is 0. The van der Waals surface area contributed by atoms with E-state index in [-0.39, 0.29) is 0 Å². The van der Waals surface area contributed by atoms with Gasteiger partial charge in [0.2, 0.25) is 0 Å². The highest BCUT2D eigenvalue weighted by Crippen LogP contribution is 2.37. The molecule has 2 atom stereocenters. The first-order valence-corrected chi connectivity index (χ1v) is 4.40. The third-order valence-corrected chi connectivity index (χ3v) is 2.63. The molecule has 0 heteroatoms. The second kappa shape index (κ2) is 3.23. The zero-order valence-corrected chi connectivity index (χ0v) is 7.19. The highest BCUT2D eigenvalue weighted by molar-refractivity contribution is 5.04. The maximum Gasteiger partial charge on any atom is -0.0292 e. The van der Waals surface area contributed by atoms with Crippen molar-refractivity contribution in [2.75, 3.05) is 0 Å². The first-order chi connectivity index (χ1) is 4.74. The molecule has 0 nitrogen and oxygen atoms in total. The van der Waals surface area contributed by atoms with Gasteiger partial charge >= 0.3 is 0 Å². The van der Waals surface area contributed by atoms with Gasteiger partial charge in [-0.1, -0.05) is 38.8 Å². The molecule has 0 aliphatic heterocycles. The van der Waals surface area contributed by atoms with Gasteiger partial charge in [0.1, 0.15) is 0 Å². The number of allylic oxidation sites excluding steroid dienone is 1. The lowest BCUT2D eigenvalue weighted by Crippen LogP contribution is -2.02. The van der Waals surface area contributed by atoms with Gasteiger partial charge in [-0.15, -0.1) is 0 Å². The molecule has 1 fully saturated rings. The molecule has 0 aromatic heterocycles. The van der Waals surface area contributed by atoms with Crippen molar-refractivity contribution in [3.05, 3.63) is 12.2 Å². The maximum atomic E-state index is 4.04. The van der Waals surface area contributed by atoms with Crippen LogP contribution in [0.1, 0.15) is 39.5 Å². The van der Waals surface area contributed by atoms with E-state index in [2.05, 4.69) is 20.4 Å². The van der Waals surface area contributed by atoms with E-state index in [1.807, 2.05) is 0 Å². The van der Waals surface area contributed by atoms with Crippen molar-refractivity contribution in [1.82, 2.24) is 0 Å². The molecular formula is C10H18. The summed E-state index contributed by atoms with van der Waals surface area (Å²) in [5.41, 5.74) is 1.48. The second-order valence-electron chi connectivity index (χ2n) is 3.68. The van der Waals surface area contributed by atoms with Crippen molar-refractivity contribution < 1.29 is 0 Å². The molecule has 10 heavy (non-hydrogen) atoms. The van der Waals surface area contributed by atoms with Crippen LogP contribution in [0.3, 0.4) is 0 Å². The molecular weight excluding hydrogens is 120 g/mol. The van der Waals surface area contributed by atoms with Gasteiger partial charge in [0.05, 0.1) is 0 Å². The fourth-order valence-corrected chi connectivity index (χ4v) is 2.03. The van der Waals surface area contributed by atoms with Crippen molar-refractivity contribution in [3.8, 4) is 0 Å². The molecule has 1 aliphatic carbocycles. The molecule has 0 aromatic rings. The molecule has 1 rings (SSSR count). The average Bonchev–Trinajstić information content (AvgIpc) is 2.13. The van der Waals surface area contributed by atoms with E-state index in [0.29, 0.717) is 0 Å². The Morgan fingerprint density at radius 3 is 2.60 bits per heavy atom. The molecule has 0 N–H and O–H groups in total. The Labute approximate surface area is 64.3 Å². The summed E-state index contributed by atoms with van der Waals surface area (Å²) in [6.45, 7) is 8.67. The van der Waals surface area contributed by atoms with Crippen LogP contribution in [-0.4, -0.2) is 0 Å². The summed E-state index contributed by atoms with van der Waals surface area (Å²) >= 11 is 0. The minimum atomic E-state index is 0.910. The van der Waals surface area contributed by atoms with E-state index in [1.54, 1.807) is 0 Å². The van der Waals surface area contributed by atoms with Crippen LogP contribution in [0.4, 0.5) is 0 Å². The van der Waals surface area contributed by atoms with E-state index >= 15 is 0 Å². The molecule has 0 unspecified atom stereocenters. The SMILES string of the molecule is C=C1C[C@@H](CCC)[C@@H](C)C1. The Kier molecular flexibility index (Phi) is 2.53. The van der Waals surface area contributed by atoms with Crippen LogP contribution in [0.5, 0.6) is 0 Å². The van der Waals surface area contributed by atoms with Gasteiger partial charge in [0.15, 0.2) is 0 Å². The standard InChI is InChI=1S/C10H18/c1-4-5-10-7-8(2)6-9(10)3/h9-10H,2,4-7H2,1,3H3/t9-,10+/m0/s1. The summed E-state index contributed by atoms with van der Waals surface area (Å²) in [6.07, 6.45) is 5.32. The summed E-state index contributed by atoms with van der Waals surface area (Å²) in [7, 11) is 0. The lowest BCUT2D eigenvalue weighted by atomic mass is 9.94. The maximum absolute atomic E-state index is 4.04. The van der Waals surface area contributed by atoms with Crippen LogP contribution in [0.2, 0.25) is 0 Å². The van der Waals surface area contributed by atoms with E-state index in [9.17, 15) is 0 Å². The Morgan fingerprint density at radius 2 is 2.20 bits per heavy atom. The third-order valence-electron chi connectivity index (χ3n) is 2.63. The van der Waals surface area contributed by atoms with Gasteiger partial charge in [-0.2, -0.15) is 0 Å². The minimum Gasteiger partial charge on any atom is -0.0998 e. The van der Waals surface area contributed by atoms with Gasteiger partial charge in [0.25, 0.3) is 0 Å². The summed E-state index contributed by atoms with van der Waals surface area (Å²) in [5, 5.41) is 0. The highest BCUT2D eigenvalue weighted by atomic mass is 14.3. The number of hydrogen-bond donors (Lipinski definition) is 0. The van der Waals surface area contributed by atoms with Crippen molar-refractivity contribution in [3.63, 3.8) is 0 Å². The van der Waals surface area contributed by atoms with Gasteiger partial charge in [-0.3, -0.25) is 0 Å². The summed E-state index contributed by atoms with van der Waals surface area (Å²) in [5.74, 6) is 1.87. The summed E-state index contributed by atoms with van der Waals surface area (Å²) < 4.78 is 0. The van der Waals surface area contributed by atoms with Crippen LogP contribution < -0.4 is 0 Å². The quantitative estimate of drug-likeness (QED) is 0.513. The molecule has 0 bridgehead atoms. The third kappa shape index (κ3) is 1.62. The first-order valence-electron chi connectivity index (χ1n) is 4.40. The van der Waals surface area contributed by atoms with Crippen molar-refractivity contribution in [1.29, 1.82) is 0 Å². The average molecular weight is 138 g/mol. The first kappa shape index (κ1) is 7.84. The van der Waals surface area contributed by atoms with Gasteiger partial charge < -0.3 is 0 Å². The minimum absolute atomic E-state index is 0.910. The number of rotatable bonds is 2. The second-order valence-corrected chi connectivity index (χ2v) is 3.68. The van der Waals surface area contributed by atoms with Crippen LogP contribution >= 0.6 is 0 Å². The van der Waals surface area contributed by atoms with Gasteiger partial charge in [0, 0.05) is 0 Å². The largest absolute Gasteiger partial charge is 0.0998 e. The van der Waals surface area contributed by atoms with Crippen LogP contribution in [-0.2, 0) is 0 Å². The number of hydrogen-bond acceptors (Lipinski definition) is 0. The molecule has 0 spiro atoms. The van der Waals surface area contributed by atoms with E-state index in [4.69, 9.17) is 0 Å². The fourth-order valence-electron chi connectivity index (χ4n) is 2.03. The topological polar surface area (TPSA) is 0 Å². The predicted octanol–water partition coefficient (Wildman–Crippen LogP) is 3.39. The summed E-state index contributed by atoms with van der Waals surface area (Å²) in [4.78, 5) is 0. The van der Waals surface area contributed by atoms with Crippen molar-refractivity contribution in [2.24, 2.45) is 11.8 Å². The molecule has 0 heterocycles. The monoisotopic (exact) mass is 138 g/mol. The highest BCUT2D eigenvalue weighted by Gasteiger charge is 2.24. The molecule has 0 amide bonds. The van der Waals surface area contributed by atoms with Crippen LogP contribution in [0.25, 0.3) is 0 Å². The zero-order chi connectivity index (χ0) is 7.56. The molecule has 1 saturated carbocycles. The lowest BCUT2D eigenvalue weighted by molar-refractivity contribution is 0.388. The normalized spacial score (nSPS) is 33.2. The Bertz CT molecular complexity index is 124. The van der Waals surface area contributed by atoms with Crippen LogP contribution in [0, 0.1) is 11.8 Å². The van der Waals surface area contributed by atoms with Gasteiger partial charge in [-0.25, -0.2) is 0 Å². The Morgan fingerprint density at radius 1 is 1.50 bits per heavy atom. The molecule has 0 radical (unpaired) electrons. The smallest absolute Gasteiger partial charge is 0.0292 e. The lowest BCUT2D eigenvalue weighted by Gasteiger charge is -2.11. The predicted molar refractivity (Wildman–Crippen MR) is 45.9 cm³/mol. The molecule has 0 saturated heterocycles. The van der Waals surface area contributed by atoms with E-state index in [0.717, 1.165) is 11.8 Å². The Balaban J connectivity index is 2.38. The molecule has 58 valence electrons. The fraction of sp³-hybridized carbons (Fsp3) is 0.800. The van der Waals surface area contributed by atoms with E-state index in [1.165, 1.54) is 31.3 Å². The molecule has 0 aromatic carbocycles. The van der Waals surface area contributed by atoms with Crippen LogP contribution in [0.15, 0.2) is 12.2 Å². The zero-order valence-electron chi connectivity index (χ0n) is 7.19. The molecule has 1 aliphatic rings. The van der Waals surface area contributed by atoms with E-state index < -0.39 is 0 Å². The Hall–Kier alpha value is -0.260. The van der Waals surface area contributed by atoms with Crippen molar-refractivity contribution in [2.45, 2.75) is 39.5 Å².